The molecule has 160 valence electrons. The summed E-state index contributed by atoms with van der Waals surface area (Å²) in [4.78, 5) is 47.9. The predicted octanol–water partition coefficient (Wildman–Crippen LogP) is 0.977. The van der Waals surface area contributed by atoms with Crippen LogP contribution < -0.4 is 15.3 Å². The van der Waals surface area contributed by atoms with E-state index in [4.69, 9.17) is 0 Å². The summed E-state index contributed by atoms with van der Waals surface area (Å²) in [5.74, 6) is 0.228. The molecule has 11 heteroatoms. The number of hydrogen-bond acceptors (Lipinski definition) is 8. The molecule has 4 rings (SSSR count). The van der Waals surface area contributed by atoms with Gasteiger partial charge in [0.05, 0.1) is 10.6 Å². The van der Waals surface area contributed by atoms with Gasteiger partial charge in [-0.25, -0.2) is 15.0 Å². The van der Waals surface area contributed by atoms with Gasteiger partial charge in [-0.05, 0) is 25.1 Å². The lowest BCUT2D eigenvalue weighted by atomic mass is 10.2. The van der Waals surface area contributed by atoms with E-state index in [1.54, 1.807) is 30.0 Å². The zero-order valence-electron chi connectivity index (χ0n) is 16.8. The fraction of sp³-hybridized carbons (Fsp3) is 0.300. The number of carbonyl (C=O) groups is 2. The lowest BCUT2D eigenvalue weighted by Crippen LogP contribution is -2.60. The number of aliphatic imine (C=N–C) groups is 1. The molecule has 0 saturated carbocycles. The zero-order valence-corrected chi connectivity index (χ0v) is 16.8. The number of para-hydroxylation sites is 1. The molecule has 2 aliphatic rings. The third-order valence-electron chi connectivity index (χ3n) is 5.17. The summed E-state index contributed by atoms with van der Waals surface area (Å²) in [6.45, 7) is 3.59. The van der Waals surface area contributed by atoms with Crippen LogP contribution in [0, 0.1) is 10.1 Å². The molecule has 0 radical (unpaired) electrons. The normalized spacial score (nSPS) is 19.0. The molecule has 1 fully saturated rings. The van der Waals surface area contributed by atoms with Crippen molar-refractivity contribution in [3.05, 3.63) is 58.8 Å². The molecule has 11 nitrogen and oxygen atoms in total. The van der Waals surface area contributed by atoms with Gasteiger partial charge in [-0.3, -0.25) is 25.1 Å². The summed E-state index contributed by atoms with van der Waals surface area (Å²) < 4.78 is 0. The lowest BCUT2D eigenvalue weighted by Gasteiger charge is -2.37. The topological polar surface area (TPSA) is 124 Å². The number of benzene rings is 1. The number of pyridine rings is 1. The smallest absolute Gasteiger partial charge is 0.290 e. The Labute approximate surface area is 178 Å². The van der Waals surface area contributed by atoms with Crippen LogP contribution in [0.25, 0.3) is 0 Å². The molecule has 2 aromatic rings. The zero-order chi connectivity index (χ0) is 22.0. The number of hydrazine groups is 1. The highest BCUT2D eigenvalue weighted by Crippen LogP contribution is 2.19. The monoisotopic (exact) mass is 423 g/mol. The minimum Gasteiger partial charge on any atom is -0.353 e. The summed E-state index contributed by atoms with van der Waals surface area (Å²) in [6.07, 6.45) is 1.23. The molecule has 1 N–H and O–H groups in total. The van der Waals surface area contributed by atoms with Gasteiger partial charge in [0, 0.05) is 32.2 Å². The fourth-order valence-corrected chi connectivity index (χ4v) is 3.46. The molecule has 2 amide bonds. The third-order valence-corrected chi connectivity index (χ3v) is 5.17. The van der Waals surface area contributed by atoms with E-state index in [2.05, 4.69) is 15.4 Å². The molecule has 0 bridgehead atoms. The van der Waals surface area contributed by atoms with Gasteiger partial charge < -0.3 is 9.80 Å². The number of carbonyl (C=O) groups excluding carboxylic acids is 2. The largest absolute Gasteiger partial charge is 0.353 e. The van der Waals surface area contributed by atoms with Crippen molar-refractivity contribution < 1.29 is 14.5 Å². The van der Waals surface area contributed by atoms with Gasteiger partial charge in [0.2, 0.25) is 5.84 Å². The molecule has 1 saturated heterocycles. The van der Waals surface area contributed by atoms with Crippen molar-refractivity contribution in [2.75, 3.05) is 36.1 Å². The quantitative estimate of drug-likeness (QED) is 0.574. The van der Waals surface area contributed by atoms with E-state index in [1.807, 2.05) is 23.1 Å². The molecular weight excluding hydrogens is 402 g/mol. The first-order valence-corrected chi connectivity index (χ1v) is 9.82. The van der Waals surface area contributed by atoms with Gasteiger partial charge in [0.1, 0.15) is 18.1 Å². The maximum absolute atomic E-state index is 13.0. The first-order valence-electron chi connectivity index (χ1n) is 9.82. The Morgan fingerprint density at radius 1 is 1.13 bits per heavy atom. The molecule has 2 aliphatic heterocycles. The summed E-state index contributed by atoms with van der Waals surface area (Å²) >= 11 is 0. The number of aromatic nitrogens is 1. The van der Waals surface area contributed by atoms with Crippen molar-refractivity contribution in [2.45, 2.75) is 13.0 Å². The van der Waals surface area contributed by atoms with Crippen LogP contribution in [0.5, 0.6) is 0 Å². The predicted molar refractivity (Wildman–Crippen MR) is 114 cm³/mol. The van der Waals surface area contributed by atoms with E-state index >= 15 is 0 Å². The molecule has 0 aliphatic carbocycles. The Hall–Kier alpha value is -4.02. The molecule has 1 aromatic heterocycles. The number of nitro groups is 1. The van der Waals surface area contributed by atoms with E-state index in [-0.39, 0.29) is 23.3 Å². The van der Waals surface area contributed by atoms with E-state index in [0.717, 1.165) is 0 Å². The number of nitrogens with one attached hydrogen (secondary N) is 1. The number of hydrogen-bond donors (Lipinski definition) is 1. The summed E-state index contributed by atoms with van der Waals surface area (Å²) in [6, 6.07) is 11.4. The summed E-state index contributed by atoms with van der Waals surface area (Å²) in [5, 5.41) is 12.1. The van der Waals surface area contributed by atoms with Crippen molar-refractivity contribution >= 4 is 34.8 Å². The lowest BCUT2D eigenvalue weighted by molar-refractivity contribution is -0.385. The Morgan fingerprint density at radius 3 is 2.45 bits per heavy atom. The number of piperazine rings is 1. The van der Waals surface area contributed by atoms with Crippen LogP contribution in [-0.2, 0) is 9.59 Å². The van der Waals surface area contributed by atoms with E-state index in [9.17, 15) is 19.7 Å². The maximum Gasteiger partial charge on any atom is 0.290 e. The standard InChI is InChI=1S/C20H21N7O4/c1-14-19(28)26(15-5-3-2-4-6-15)23-18(22-14)20(29)25-11-9-24(10-12-25)17-8-7-16(13-21-17)27(30)31/h2-8,13-14H,9-12H2,1H3,(H,22,23). The number of nitrogens with zero attached hydrogens (tertiary/aromatic N) is 6. The molecule has 31 heavy (non-hydrogen) atoms. The number of rotatable bonds is 4. The highest BCUT2D eigenvalue weighted by Gasteiger charge is 2.33. The van der Waals surface area contributed by atoms with Gasteiger partial charge in [0.15, 0.2) is 0 Å². The molecule has 1 aromatic carbocycles. The van der Waals surface area contributed by atoms with Crippen molar-refractivity contribution in [1.82, 2.24) is 15.3 Å². The van der Waals surface area contributed by atoms with E-state index in [0.29, 0.717) is 37.7 Å². The van der Waals surface area contributed by atoms with Crippen LogP contribution >= 0.6 is 0 Å². The third kappa shape index (κ3) is 4.15. The van der Waals surface area contributed by atoms with Crippen LogP contribution in [-0.4, -0.2) is 64.7 Å². The SMILES string of the molecule is CC1N=C(C(=O)N2CCN(c3ccc([N+](=O)[O-])cn3)CC2)NN(c2ccccc2)C1=O. The molecule has 1 atom stereocenters. The fourth-order valence-electron chi connectivity index (χ4n) is 3.46. The highest BCUT2D eigenvalue weighted by molar-refractivity contribution is 6.39. The average molecular weight is 423 g/mol. The van der Waals surface area contributed by atoms with Gasteiger partial charge >= 0.3 is 0 Å². The Kier molecular flexibility index (Phi) is 5.48. The first kappa shape index (κ1) is 20.3. The number of amides is 2. The second kappa shape index (κ2) is 8.38. The van der Waals surface area contributed by atoms with Crippen molar-refractivity contribution in [3.8, 4) is 0 Å². The van der Waals surface area contributed by atoms with Crippen molar-refractivity contribution in [2.24, 2.45) is 4.99 Å². The van der Waals surface area contributed by atoms with Gasteiger partial charge in [-0.15, -0.1) is 0 Å². The van der Waals surface area contributed by atoms with Crippen molar-refractivity contribution in [3.63, 3.8) is 0 Å². The second-order valence-electron chi connectivity index (χ2n) is 7.19. The Morgan fingerprint density at radius 2 is 1.84 bits per heavy atom. The molecular formula is C20H21N7O4. The molecule has 1 unspecified atom stereocenters. The van der Waals surface area contributed by atoms with Gasteiger partial charge in [-0.1, -0.05) is 18.2 Å². The Bertz CT molecular complexity index is 1020. The number of anilines is 2. The van der Waals surface area contributed by atoms with Gasteiger partial charge in [-0.2, -0.15) is 0 Å². The van der Waals surface area contributed by atoms with Crippen LogP contribution in [0.3, 0.4) is 0 Å². The second-order valence-corrected chi connectivity index (χ2v) is 7.19. The van der Waals surface area contributed by atoms with Crippen LogP contribution in [0.4, 0.5) is 17.2 Å². The number of amidine groups is 1. The summed E-state index contributed by atoms with van der Waals surface area (Å²) in [7, 11) is 0. The molecule has 0 spiro atoms. The Balaban J connectivity index is 1.41. The van der Waals surface area contributed by atoms with Crippen LogP contribution in [0.1, 0.15) is 6.92 Å². The van der Waals surface area contributed by atoms with Crippen LogP contribution in [0.2, 0.25) is 0 Å². The highest BCUT2D eigenvalue weighted by atomic mass is 16.6. The average Bonchev–Trinajstić information content (AvgIpc) is 2.81. The minimum atomic E-state index is -0.675. The first-order chi connectivity index (χ1) is 14.9. The van der Waals surface area contributed by atoms with Crippen LogP contribution in [0.15, 0.2) is 53.7 Å². The van der Waals surface area contributed by atoms with E-state index < -0.39 is 11.0 Å². The maximum atomic E-state index is 13.0. The molecule has 3 heterocycles. The minimum absolute atomic E-state index is 0.0643. The van der Waals surface area contributed by atoms with Gasteiger partial charge in [0.25, 0.3) is 17.5 Å². The van der Waals surface area contributed by atoms with E-state index in [1.165, 1.54) is 17.3 Å². The summed E-state index contributed by atoms with van der Waals surface area (Å²) in [5.41, 5.74) is 3.43. The van der Waals surface area contributed by atoms with Crippen molar-refractivity contribution in [1.29, 1.82) is 0 Å².